The molecule has 0 aliphatic carbocycles. The smallest absolute Gasteiger partial charge is 0.390 e. The number of H-pyrrole nitrogens is 1. The Morgan fingerprint density at radius 1 is 1.21 bits per heavy atom. The van der Waals surface area contributed by atoms with E-state index in [4.69, 9.17) is 19.4 Å². The minimum Gasteiger partial charge on any atom is -0.390 e. The highest BCUT2D eigenvalue weighted by Crippen LogP contribution is 2.66. The standard InChI is InChI=1S/C9H14IN2O14P3/c10-9(12-2-1-7(14)11-8(12)15)3-5(13)6(24-9)4-23-28(19,20)26-29(21,22)25-27(16,17)18/h1-2,5-6,13H,3-4H2,(H,19,20)(H,21,22)(H,11,14,15)(H2,16,17,18)/t5-,6+,9-/m0/s1. The van der Waals surface area contributed by atoms with Crippen LogP contribution in [0.15, 0.2) is 21.9 Å². The second kappa shape index (κ2) is 8.70. The van der Waals surface area contributed by atoms with Crippen molar-refractivity contribution in [3.63, 3.8) is 0 Å². The summed E-state index contributed by atoms with van der Waals surface area (Å²) in [5.41, 5.74) is -1.53. The first-order valence-corrected chi connectivity index (χ1v) is 12.8. The number of aromatic amines is 1. The largest absolute Gasteiger partial charge is 0.490 e. The lowest BCUT2D eigenvalue weighted by atomic mass is 10.2. The molecule has 1 aromatic heterocycles. The van der Waals surface area contributed by atoms with Gasteiger partial charge in [0.15, 0.2) is 0 Å². The van der Waals surface area contributed by atoms with Crippen LogP contribution in [0.5, 0.6) is 0 Å². The summed E-state index contributed by atoms with van der Waals surface area (Å²) in [6, 6.07) is 1.02. The number of hydrogen-bond acceptors (Lipinski definition) is 10. The van der Waals surface area contributed by atoms with Crippen molar-refractivity contribution < 1.29 is 56.3 Å². The molecule has 5 atom stereocenters. The Hall–Kier alpha value is -0.260. The van der Waals surface area contributed by atoms with Gasteiger partial charge in [-0.05, 0) is 22.6 Å². The molecule has 1 saturated heterocycles. The van der Waals surface area contributed by atoms with Gasteiger partial charge in [-0.3, -0.25) is 18.9 Å². The molecule has 2 heterocycles. The van der Waals surface area contributed by atoms with E-state index >= 15 is 0 Å². The highest BCUT2D eigenvalue weighted by molar-refractivity contribution is 14.1. The monoisotopic (exact) mass is 594 g/mol. The van der Waals surface area contributed by atoms with Crippen molar-refractivity contribution in [2.24, 2.45) is 0 Å². The van der Waals surface area contributed by atoms with Gasteiger partial charge in [0.25, 0.3) is 5.56 Å². The van der Waals surface area contributed by atoms with Crippen LogP contribution in [0.2, 0.25) is 0 Å². The molecule has 29 heavy (non-hydrogen) atoms. The number of phosphoric ester groups is 1. The molecule has 2 unspecified atom stereocenters. The van der Waals surface area contributed by atoms with Gasteiger partial charge in [-0.25, -0.2) is 18.5 Å². The van der Waals surface area contributed by atoms with E-state index in [1.807, 2.05) is 4.98 Å². The average Bonchev–Trinajstić information content (AvgIpc) is 2.76. The van der Waals surface area contributed by atoms with E-state index in [0.29, 0.717) is 0 Å². The van der Waals surface area contributed by atoms with Gasteiger partial charge in [0.05, 0.1) is 12.7 Å². The molecule has 0 bridgehead atoms. The van der Waals surface area contributed by atoms with Crippen LogP contribution >= 0.6 is 46.1 Å². The fourth-order valence-electron chi connectivity index (χ4n) is 2.20. The predicted molar refractivity (Wildman–Crippen MR) is 98.6 cm³/mol. The van der Waals surface area contributed by atoms with E-state index in [0.717, 1.165) is 16.8 Å². The van der Waals surface area contributed by atoms with Crippen LogP contribution in [-0.4, -0.2) is 53.0 Å². The van der Waals surface area contributed by atoms with Crippen molar-refractivity contribution in [2.75, 3.05) is 6.61 Å². The molecular weight excluding hydrogens is 580 g/mol. The van der Waals surface area contributed by atoms with Crippen LogP contribution in [-0.2, 0) is 35.3 Å². The Kier molecular flexibility index (Phi) is 7.50. The topological polar surface area (TPSA) is 244 Å². The fourth-order valence-corrected chi connectivity index (χ4v) is 6.39. The summed E-state index contributed by atoms with van der Waals surface area (Å²) >= 11 is 1.65. The number of phosphoric acid groups is 3. The molecule has 1 aromatic rings. The van der Waals surface area contributed by atoms with Crippen molar-refractivity contribution in [1.82, 2.24) is 9.55 Å². The van der Waals surface area contributed by atoms with Crippen LogP contribution in [0.4, 0.5) is 0 Å². The molecule has 20 heteroatoms. The number of nitrogens with one attached hydrogen (secondary N) is 1. The van der Waals surface area contributed by atoms with E-state index in [2.05, 4.69) is 13.1 Å². The van der Waals surface area contributed by atoms with Crippen LogP contribution in [0.3, 0.4) is 0 Å². The maximum Gasteiger partial charge on any atom is 0.490 e. The number of aliphatic hydroxyl groups excluding tert-OH is 1. The SMILES string of the molecule is O=c1ccn([C@@]2(I)C[C@H](O)[C@@H](COP(=O)(O)OP(=O)(O)OP(=O)(O)O)O2)c(=O)[nH]1. The molecular formula is C9H14IN2O14P3. The molecule has 1 aliphatic heterocycles. The van der Waals surface area contributed by atoms with Gasteiger partial charge in [0.1, 0.15) is 6.10 Å². The summed E-state index contributed by atoms with van der Waals surface area (Å²) in [4.78, 5) is 60.4. The first-order valence-electron chi connectivity index (χ1n) is 7.18. The van der Waals surface area contributed by atoms with Crippen LogP contribution < -0.4 is 11.2 Å². The van der Waals surface area contributed by atoms with Crippen molar-refractivity contribution in [1.29, 1.82) is 0 Å². The Morgan fingerprint density at radius 2 is 1.83 bits per heavy atom. The zero-order valence-electron chi connectivity index (χ0n) is 13.8. The van der Waals surface area contributed by atoms with Crippen molar-refractivity contribution >= 4 is 46.1 Å². The maximum absolute atomic E-state index is 11.9. The van der Waals surface area contributed by atoms with Crippen LogP contribution in [0.1, 0.15) is 6.42 Å². The second-order valence-corrected chi connectivity index (χ2v) is 11.6. The third-order valence-electron chi connectivity index (χ3n) is 3.22. The lowest BCUT2D eigenvalue weighted by molar-refractivity contribution is -0.0543. The second-order valence-electron chi connectivity index (χ2n) is 5.48. The van der Waals surface area contributed by atoms with E-state index in [1.54, 1.807) is 22.6 Å². The van der Waals surface area contributed by atoms with E-state index in [1.165, 1.54) is 0 Å². The van der Waals surface area contributed by atoms with Crippen molar-refractivity contribution in [3.8, 4) is 0 Å². The summed E-state index contributed by atoms with van der Waals surface area (Å²) < 4.78 is 49.9. The van der Waals surface area contributed by atoms with E-state index in [-0.39, 0.29) is 6.42 Å². The Balaban J connectivity index is 2.06. The number of ether oxygens (including phenoxy) is 1. The Labute approximate surface area is 174 Å². The maximum atomic E-state index is 11.9. The van der Waals surface area contributed by atoms with E-state index < -0.39 is 57.3 Å². The van der Waals surface area contributed by atoms with Gasteiger partial charge in [-0.2, -0.15) is 8.62 Å². The average molecular weight is 594 g/mol. The fraction of sp³-hybridized carbons (Fsp3) is 0.556. The van der Waals surface area contributed by atoms with Gasteiger partial charge >= 0.3 is 29.2 Å². The molecule has 0 amide bonds. The molecule has 0 saturated carbocycles. The zero-order chi connectivity index (χ0) is 22.3. The molecule has 166 valence electrons. The summed E-state index contributed by atoms with van der Waals surface area (Å²) in [7, 11) is -16.6. The molecule has 16 nitrogen and oxygen atoms in total. The molecule has 0 aromatic carbocycles. The van der Waals surface area contributed by atoms with Crippen molar-refractivity contribution in [2.45, 2.75) is 22.4 Å². The summed E-state index contributed by atoms with van der Waals surface area (Å²) in [6.07, 6.45) is -1.80. The highest BCUT2D eigenvalue weighted by atomic mass is 127. The minimum atomic E-state index is -5.68. The summed E-state index contributed by atoms with van der Waals surface area (Å²) in [5.74, 6) is 0. The summed E-state index contributed by atoms with van der Waals surface area (Å²) in [5, 5.41) is 10.1. The van der Waals surface area contributed by atoms with E-state index in [9.17, 15) is 33.3 Å². The molecule has 1 fully saturated rings. The Morgan fingerprint density at radius 3 is 2.38 bits per heavy atom. The predicted octanol–water partition coefficient (Wildman–Crippen LogP) is -0.925. The summed E-state index contributed by atoms with van der Waals surface area (Å²) in [6.45, 7) is -0.895. The molecule has 0 spiro atoms. The first-order chi connectivity index (χ1) is 13.0. The van der Waals surface area contributed by atoms with Gasteiger partial charge in [-0.1, -0.05) is 0 Å². The quantitative estimate of drug-likeness (QED) is 0.121. The molecule has 0 radical (unpaired) electrons. The van der Waals surface area contributed by atoms with Gasteiger partial charge in [0.2, 0.25) is 3.73 Å². The van der Waals surface area contributed by atoms with Crippen LogP contribution in [0, 0.1) is 0 Å². The molecule has 1 aliphatic rings. The zero-order valence-corrected chi connectivity index (χ0v) is 18.6. The van der Waals surface area contributed by atoms with Gasteiger partial charge in [-0.15, -0.1) is 0 Å². The number of nitrogens with zero attached hydrogens (tertiary/aromatic N) is 1. The lowest BCUT2D eigenvalue weighted by Gasteiger charge is -2.24. The lowest BCUT2D eigenvalue weighted by Crippen LogP contribution is -2.40. The molecule has 6 N–H and O–H groups in total. The number of aromatic nitrogens is 2. The van der Waals surface area contributed by atoms with Gasteiger partial charge in [0, 0.05) is 18.7 Å². The van der Waals surface area contributed by atoms with Crippen molar-refractivity contribution in [3.05, 3.63) is 33.1 Å². The number of halogens is 1. The van der Waals surface area contributed by atoms with Crippen LogP contribution in [0.25, 0.3) is 0 Å². The first kappa shape index (κ1) is 25.0. The number of rotatable bonds is 8. The molecule has 2 rings (SSSR count). The third-order valence-corrected chi connectivity index (χ3v) is 8.24. The number of aliphatic hydroxyl groups is 1. The minimum absolute atomic E-state index is 0.218. The Bertz CT molecular complexity index is 1020. The number of hydrogen-bond donors (Lipinski definition) is 6. The normalized spacial score (nSPS) is 29.3. The highest BCUT2D eigenvalue weighted by Gasteiger charge is 2.48. The third kappa shape index (κ3) is 7.14. The number of alkyl halides is 1. The van der Waals surface area contributed by atoms with Gasteiger partial charge < -0.3 is 29.4 Å².